The molecular weight excluding hydrogens is 243 g/mol. The van der Waals surface area contributed by atoms with Gasteiger partial charge in [0.05, 0.1) is 12.6 Å². The lowest BCUT2D eigenvalue weighted by molar-refractivity contribution is 0.339. The first-order valence-corrected chi connectivity index (χ1v) is 6.68. The molecule has 0 bridgehead atoms. The van der Waals surface area contributed by atoms with Gasteiger partial charge in [0.15, 0.2) is 11.6 Å². The van der Waals surface area contributed by atoms with Crippen LogP contribution in [0.25, 0.3) is 5.52 Å². The number of rotatable bonds is 6. The van der Waals surface area contributed by atoms with Gasteiger partial charge in [-0.1, -0.05) is 6.92 Å². The maximum Gasteiger partial charge on any atom is 0.178 e. The number of nitrogens with zero attached hydrogens (tertiary/aromatic N) is 2. The zero-order valence-corrected chi connectivity index (χ0v) is 11.8. The number of fused-ring (bicyclic) bond motifs is 1. The van der Waals surface area contributed by atoms with Crippen molar-refractivity contribution in [1.82, 2.24) is 9.30 Å². The predicted molar refractivity (Wildman–Crippen MR) is 75.4 cm³/mol. The molecule has 0 atom stereocenters. The van der Waals surface area contributed by atoms with Crippen LogP contribution in [0, 0.1) is 5.82 Å². The quantitative estimate of drug-likeness (QED) is 0.798. The summed E-state index contributed by atoms with van der Waals surface area (Å²) in [6.07, 6.45) is 5.72. The van der Waals surface area contributed by atoms with Crippen molar-refractivity contribution in [3.8, 4) is 5.75 Å². The van der Waals surface area contributed by atoms with Crippen LogP contribution in [0.5, 0.6) is 5.75 Å². The van der Waals surface area contributed by atoms with Crippen LogP contribution in [-0.2, 0) is 6.42 Å². The molecule has 0 fully saturated rings. The van der Waals surface area contributed by atoms with Gasteiger partial charge in [-0.2, -0.15) is 0 Å². The van der Waals surface area contributed by atoms with Gasteiger partial charge in [0.2, 0.25) is 0 Å². The van der Waals surface area contributed by atoms with Gasteiger partial charge in [0.25, 0.3) is 0 Å². The van der Waals surface area contributed by atoms with Crippen LogP contribution in [0.2, 0.25) is 0 Å². The second kappa shape index (κ2) is 6.06. The molecule has 2 rings (SSSR count). The van der Waals surface area contributed by atoms with E-state index in [4.69, 9.17) is 4.74 Å². The molecule has 0 radical (unpaired) electrons. The molecule has 0 unspecified atom stereocenters. The molecule has 104 valence electrons. The van der Waals surface area contributed by atoms with Crippen molar-refractivity contribution in [2.24, 2.45) is 0 Å². The van der Waals surface area contributed by atoms with Gasteiger partial charge >= 0.3 is 0 Å². The monoisotopic (exact) mass is 264 g/mol. The van der Waals surface area contributed by atoms with Crippen LogP contribution in [0.4, 0.5) is 4.39 Å². The Morgan fingerprint density at radius 2 is 2.00 bits per heavy atom. The molecule has 19 heavy (non-hydrogen) atoms. The minimum absolute atomic E-state index is 0.308. The maximum atomic E-state index is 13.7. The molecule has 0 N–H and O–H groups in total. The van der Waals surface area contributed by atoms with Gasteiger partial charge in [-0.3, -0.25) is 0 Å². The van der Waals surface area contributed by atoms with Gasteiger partial charge in [-0.05, 0) is 44.1 Å². The highest BCUT2D eigenvalue weighted by atomic mass is 19.1. The van der Waals surface area contributed by atoms with E-state index >= 15 is 0 Å². The average molecular weight is 264 g/mol. The highest BCUT2D eigenvalue weighted by Crippen LogP contribution is 2.27. The lowest BCUT2D eigenvalue weighted by Crippen LogP contribution is -2.21. The summed E-state index contributed by atoms with van der Waals surface area (Å²) in [5.41, 5.74) is 1.96. The first kappa shape index (κ1) is 13.9. The topological polar surface area (TPSA) is 16.9 Å². The van der Waals surface area contributed by atoms with Gasteiger partial charge in [0.1, 0.15) is 0 Å². The third-order valence-electron chi connectivity index (χ3n) is 3.38. The third kappa shape index (κ3) is 2.89. The third-order valence-corrected chi connectivity index (χ3v) is 3.38. The van der Waals surface area contributed by atoms with Gasteiger partial charge in [-0.25, -0.2) is 4.39 Å². The number of methoxy groups -OCH3 is 1. The molecule has 4 heteroatoms. The van der Waals surface area contributed by atoms with Crippen LogP contribution in [0.15, 0.2) is 24.5 Å². The molecule has 0 aliphatic rings. The summed E-state index contributed by atoms with van der Waals surface area (Å²) in [6.45, 7) is 4.22. The van der Waals surface area contributed by atoms with Crippen molar-refractivity contribution in [3.63, 3.8) is 0 Å². The zero-order chi connectivity index (χ0) is 13.8. The summed E-state index contributed by atoms with van der Waals surface area (Å²) in [7, 11) is 3.62. The van der Waals surface area contributed by atoms with E-state index in [-0.39, 0.29) is 5.82 Å². The molecule has 2 aromatic heterocycles. The zero-order valence-electron chi connectivity index (χ0n) is 11.8. The Morgan fingerprint density at radius 3 is 2.68 bits per heavy atom. The van der Waals surface area contributed by atoms with Crippen molar-refractivity contribution >= 4 is 5.52 Å². The Hall–Kier alpha value is -1.55. The molecule has 0 spiro atoms. The van der Waals surface area contributed by atoms with Crippen LogP contribution in [0.1, 0.15) is 18.9 Å². The van der Waals surface area contributed by atoms with E-state index in [1.807, 2.05) is 16.7 Å². The molecular formula is C15H21FN2O. The molecule has 2 heterocycles. The number of pyridine rings is 1. The maximum absolute atomic E-state index is 13.7. The van der Waals surface area contributed by atoms with Crippen LogP contribution >= 0.6 is 0 Å². The van der Waals surface area contributed by atoms with Crippen LogP contribution in [-0.4, -0.2) is 36.5 Å². The molecule has 2 aromatic rings. The standard InChI is InChI=1S/C15H21FN2O/c1-4-8-17(2)9-5-12-6-10-18-11-7-13(16)15(19-3)14(12)18/h6-7,10-11H,4-5,8-9H2,1-3H3. The highest BCUT2D eigenvalue weighted by Gasteiger charge is 2.13. The molecule has 0 aliphatic carbocycles. The second-order valence-electron chi connectivity index (χ2n) is 4.85. The van der Waals surface area contributed by atoms with Crippen molar-refractivity contribution < 1.29 is 9.13 Å². The SMILES string of the molecule is CCCN(C)CCc1ccn2ccc(F)c(OC)c12. The molecule has 0 amide bonds. The van der Waals surface area contributed by atoms with Crippen molar-refractivity contribution in [1.29, 1.82) is 0 Å². The molecule has 0 saturated carbocycles. The Morgan fingerprint density at radius 1 is 1.26 bits per heavy atom. The average Bonchev–Trinajstić information content (AvgIpc) is 2.80. The van der Waals surface area contributed by atoms with E-state index in [2.05, 4.69) is 18.9 Å². The predicted octanol–water partition coefficient (Wildman–Crippen LogP) is 2.97. The number of aromatic nitrogens is 1. The van der Waals surface area contributed by atoms with Gasteiger partial charge in [0, 0.05) is 18.9 Å². The molecule has 0 aliphatic heterocycles. The summed E-state index contributed by atoms with van der Waals surface area (Å²) in [5, 5.41) is 0. The first-order valence-electron chi connectivity index (χ1n) is 6.68. The Balaban J connectivity index is 2.26. The second-order valence-corrected chi connectivity index (χ2v) is 4.85. The molecule has 0 saturated heterocycles. The van der Waals surface area contributed by atoms with Crippen LogP contribution in [0.3, 0.4) is 0 Å². The summed E-state index contributed by atoms with van der Waals surface area (Å²) < 4.78 is 20.9. The number of halogens is 1. The fraction of sp³-hybridized carbons (Fsp3) is 0.467. The first-order chi connectivity index (χ1) is 9.17. The number of hydrogen-bond acceptors (Lipinski definition) is 2. The summed E-state index contributed by atoms with van der Waals surface area (Å²) in [5.74, 6) is 0.0255. The largest absolute Gasteiger partial charge is 0.492 e. The lowest BCUT2D eigenvalue weighted by atomic mass is 10.1. The smallest absolute Gasteiger partial charge is 0.178 e. The number of hydrogen-bond donors (Lipinski definition) is 0. The lowest BCUT2D eigenvalue weighted by Gasteiger charge is -2.15. The summed E-state index contributed by atoms with van der Waals surface area (Å²) in [6, 6.07) is 3.47. The van der Waals surface area contributed by atoms with E-state index in [1.165, 1.54) is 13.2 Å². The normalized spacial score (nSPS) is 11.4. The number of likely N-dealkylation sites (N-methyl/N-ethyl adjacent to an activating group) is 1. The Kier molecular flexibility index (Phi) is 4.43. The van der Waals surface area contributed by atoms with Gasteiger partial charge < -0.3 is 14.0 Å². The minimum atomic E-state index is -0.308. The molecule has 0 aromatic carbocycles. The summed E-state index contributed by atoms with van der Waals surface area (Å²) in [4.78, 5) is 2.29. The van der Waals surface area contributed by atoms with Crippen LogP contribution < -0.4 is 4.74 Å². The van der Waals surface area contributed by atoms with Crippen molar-refractivity contribution in [2.75, 3.05) is 27.2 Å². The van der Waals surface area contributed by atoms with Crippen molar-refractivity contribution in [3.05, 3.63) is 35.9 Å². The molecule has 3 nitrogen and oxygen atoms in total. The summed E-state index contributed by atoms with van der Waals surface area (Å²) >= 11 is 0. The fourth-order valence-electron chi connectivity index (χ4n) is 2.41. The highest BCUT2D eigenvalue weighted by molar-refractivity contribution is 5.66. The Bertz CT molecular complexity index is 550. The van der Waals surface area contributed by atoms with E-state index in [0.29, 0.717) is 5.75 Å². The minimum Gasteiger partial charge on any atom is -0.492 e. The van der Waals surface area contributed by atoms with E-state index < -0.39 is 0 Å². The van der Waals surface area contributed by atoms with Crippen molar-refractivity contribution in [2.45, 2.75) is 19.8 Å². The fourth-order valence-corrected chi connectivity index (χ4v) is 2.41. The Labute approximate surface area is 113 Å². The number of ether oxygens (including phenoxy) is 1. The van der Waals surface area contributed by atoms with E-state index in [1.54, 1.807) is 6.20 Å². The van der Waals surface area contributed by atoms with E-state index in [0.717, 1.165) is 37.0 Å². The van der Waals surface area contributed by atoms with Gasteiger partial charge in [-0.15, -0.1) is 0 Å². The van der Waals surface area contributed by atoms with E-state index in [9.17, 15) is 4.39 Å².